The van der Waals surface area contributed by atoms with E-state index in [1.54, 1.807) is 6.92 Å². The van der Waals surface area contributed by atoms with E-state index in [1.807, 2.05) is 6.92 Å². The number of hydrogen-bond acceptors (Lipinski definition) is 4. The minimum absolute atomic E-state index is 0.165. The van der Waals surface area contributed by atoms with Crippen molar-refractivity contribution in [2.45, 2.75) is 26.3 Å². The van der Waals surface area contributed by atoms with Crippen molar-refractivity contribution in [2.75, 3.05) is 27.3 Å². The lowest BCUT2D eigenvalue weighted by Gasteiger charge is -2.24. The minimum atomic E-state index is -3.81. The lowest BCUT2D eigenvalue weighted by atomic mass is 10.0. The first kappa shape index (κ1) is 17.3. The van der Waals surface area contributed by atoms with Gasteiger partial charge in [-0.15, -0.1) is 0 Å². The average Bonchev–Trinajstić information content (AvgIpc) is 2.31. The highest BCUT2D eigenvalue weighted by atomic mass is 32.2. The van der Waals surface area contributed by atoms with Crippen LogP contribution in [0, 0.1) is 5.92 Å². The van der Waals surface area contributed by atoms with E-state index in [-0.39, 0.29) is 19.1 Å². The Morgan fingerprint density at radius 2 is 2.06 bits per heavy atom. The van der Waals surface area contributed by atoms with Crippen LogP contribution in [0.5, 0.6) is 0 Å². The molecule has 0 saturated heterocycles. The van der Waals surface area contributed by atoms with Gasteiger partial charge >= 0.3 is 5.97 Å². The Morgan fingerprint density at radius 3 is 2.44 bits per heavy atom. The molecular formula is C10H22N2O5S. The molecule has 108 valence electrons. The fraction of sp³-hybridized carbons (Fsp3) is 0.900. The maximum atomic E-state index is 11.9. The number of hydrogen-bond donors (Lipinski definition) is 2. The molecule has 0 amide bonds. The van der Waals surface area contributed by atoms with Gasteiger partial charge in [0.05, 0.1) is 6.61 Å². The molecule has 7 nitrogen and oxygen atoms in total. The van der Waals surface area contributed by atoms with Gasteiger partial charge in [0.15, 0.2) is 0 Å². The van der Waals surface area contributed by atoms with Crippen molar-refractivity contribution in [1.82, 2.24) is 9.03 Å². The minimum Gasteiger partial charge on any atom is -0.480 e. The van der Waals surface area contributed by atoms with Crippen molar-refractivity contribution in [2.24, 2.45) is 5.92 Å². The van der Waals surface area contributed by atoms with Gasteiger partial charge in [0, 0.05) is 20.7 Å². The molecule has 0 aromatic rings. The summed E-state index contributed by atoms with van der Waals surface area (Å²) in [5.74, 6) is -1.46. The standard InChI is InChI=1S/C10H22N2O5S/c1-5-8(2)9(10(13)14)11-18(15,16)12(3)6-7-17-4/h8-9,11H,5-7H2,1-4H3,(H,13,14)/t8-,9-/m0/s1. The highest BCUT2D eigenvalue weighted by Gasteiger charge is 2.30. The van der Waals surface area contributed by atoms with E-state index in [1.165, 1.54) is 14.2 Å². The molecular weight excluding hydrogens is 260 g/mol. The van der Waals surface area contributed by atoms with E-state index in [0.717, 1.165) is 4.31 Å². The third kappa shape index (κ3) is 5.30. The van der Waals surface area contributed by atoms with Crippen LogP contribution in [0.1, 0.15) is 20.3 Å². The summed E-state index contributed by atoms with van der Waals surface area (Å²) in [5.41, 5.74) is 0. The third-order valence-electron chi connectivity index (χ3n) is 2.78. The molecule has 0 aliphatic carbocycles. The van der Waals surface area contributed by atoms with Crippen LogP contribution < -0.4 is 4.72 Å². The van der Waals surface area contributed by atoms with Gasteiger partial charge in [0.25, 0.3) is 10.2 Å². The van der Waals surface area contributed by atoms with Crippen molar-refractivity contribution >= 4 is 16.2 Å². The van der Waals surface area contributed by atoms with Crippen LogP contribution in [0.3, 0.4) is 0 Å². The second-order valence-corrected chi connectivity index (χ2v) is 5.95. The molecule has 0 rings (SSSR count). The van der Waals surface area contributed by atoms with Crippen LogP contribution in [0.4, 0.5) is 0 Å². The molecule has 0 spiro atoms. The summed E-state index contributed by atoms with van der Waals surface area (Å²) in [6.45, 7) is 3.91. The SMILES string of the molecule is CC[C@H](C)[C@H](NS(=O)(=O)N(C)CCOC)C(=O)O. The first-order valence-corrected chi connectivity index (χ1v) is 7.15. The molecule has 0 aromatic heterocycles. The van der Waals surface area contributed by atoms with Crippen molar-refractivity contribution < 1.29 is 23.1 Å². The molecule has 0 radical (unpaired) electrons. The zero-order valence-electron chi connectivity index (χ0n) is 11.2. The number of ether oxygens (including phenoxy) is 1. The van der Waals surface area contributed by atoms with Crippen LogP contribution in [0.15, 0.2) is 0 Å². The predicted molar refractivity (Wildman–Crippen MR) is 67.4 cm³/mol. The summed E-state index contributed by atoms with van der Waals surface area (Å²) in [6, 6.07) is -1.12. The molecule has 0 heterocycles. The van der Waals surface area contributed by atoms with Crippen LogP contribution in [-0.2, 0) is 19.7 Å². The summed E-state index contributed by atoms with van der Waals surface area (Å²) >= 11 is 0. The summed E-state index contributed by atoms with van der Waals surface area (Å²) in [7, 11) is -0.972. The van der Waals surface area contributed by atoms with Crippen molar-refractivity contribution in [3.05, 3.63) is 0 Å². The smallest absolute Gasteiger partial charge is 0.322 e. The number of aliphatic carboxylic acids is 1. The number of nitrogens with zero attached hydrogens (tertiary/aromatic N) is 1. The zero-order chi connectivity index (χ0) is 14.3. The van der Waals surface area contributed by atoms with Gasteiger partial charge in [-0.25, -0.2) is 0 Å². The van der Waals surface area contributed by atoms with Gasteiger partial charge in [-0.05, 0) is 5.92 Å². The molecule has 0 aromatic carbocycles. The molecule has 18 heavy (non-hydrogen) atoms. The van der Waals surface area contributed by atoms with E-state index >= 15 is 0 Å². The van der Waals surface area contributed by atoms with Crippen LogP contribution in [0.2, 0.25) is 0 Å². The Hall–Kier alpha value is -0.700. The Kier molecular flexibility index (Phi) is 7.37. The largest absolute Gasteiger partial charge is 0.480 e. The summed E-state index contributed by atoms with van der Waals surface area (Å²) in [5, 5.41) is 9.03. The van der Waals surface area contributed by atoms with Crippen LogP contribution in [0.25, 0.3) is 0 Å². The summed E-state index contributed by atoms with van der Waals surface area (Å²) in [6.07, 6.45) is 0.571. The fourth-order valence-corrected chi connectivity index (χ4v) is 2.38. The average molecular weight is 282 g/mol. The highest BCUT2D eigenvalue weighted by Crippen LogP contribution is 2.10. The zero-order valence-corrected chi connectivity index (χ0v) is 12.0. The second kappa shape index (κ2) is 7.67. The maximum Gasteiger partial charge on any atom is 0.322 e. The van der Waals surface area contributed by atoms with E-state index < -0.39 is 22.2 Å². The number of carboxylic acids is 1. The predicted octanol–water partition coefficient (Wildman–Crippen LogP) is -0.102. The lowest BCUT2D eigenvalue weighted by Crippen LogP contribution is -2.50. The number of nitrogens with one attached hydrogen (secondary N) is 1. The van der Waals surface area contributed by atoms with Gasteiger partial charge in [-0.2, -0.15) is 17.4 Å². The quantitative estimate of drug-likeness (QED) is 0.615. The number of likely N-dealkylation sites (N-methyl/N-ethyl adjacent to an activating group) is 1. The third-order valence-corrected chi connectivity index (χ3v) is 4.33. The van der Waals surface area contributed by atoms with E-state index in [2.05, 4.69) is 4.72 Å². The molecule has 2 N–H and O–H groups in total. The van der Waals surface area contributed by atoms with Crippen molar-refractivity contribution in [3.63, 3.8) is 0 Å². The highest BCUT2D eigenvalue weighted by molar-refractivity contribution is 7.87. The van der Waals surface area contributed by atoms with E-state index in [0.29, 0.717) is 6.42 Å². The Bertz CT molecular complexity index is 357. The van der Waals surface area contributed by atoms with E-state index in [4.69, 9.17) is 9.84 Å². The fourth-order valence-electron chi connectivity index (χ4n) is 1.24. The second-order valence-electron chi connectivity index (χ2n) is 4.14. The van der Waals surface area contributed by atoms with Gasteiger partial charge in [-0.1, -0.05) is 20.3 Å². The number of carboxylic acid groups (broad SMARTS) is 1. The summed E-state index contributed by atoms with van der Waals surface area (Å²) in [4.78, 5) is 11.0. The maximum absolute atomic E-state index is 11.9. The molecule has 0 saturated carbocycles. The Morgan fingerprint density at radius 1 is 1.50 bits per heavy atom. The normalized spacial score (nSPS) is 15.6. The Balaban J connectivity index is 4.75. The van der Waals surface area contributed by atoms with Gasteiger partial charge in [0.1, 0.15) is 6.04 Å². The van der Waals surface area contributed by atoms with Crippen molar-refractivity contribution in [1.29, 1.82) is 0 Å². The number of carbonyl (C=O) groups is 1. The first-order valence-electron chi connectivity index (χ1n) is 5.71. The lowest BCUT2D eigenvalue weighted by molar-refractivity contribution is -0.140. The molecule has 0 aliphatic heterocycles. The number of methoxy groups -OCH3 is 1. The summed E-state index contributed by atoms with van der Waals surface area (Å²) < 4.78 is 31.7. The van der Waals surface area contributed by atoms with E-state index in [9.17, 15) is 13.2 Å². The molecule has 8 heteroatoms. The molecule has 0 unspecified atom stereocenters. The van der Waals surface area contributed by atoms with Gasteiger partial charge in [-0.3, -0.25) is 4.79 Å². The van der Waals surface area contributed by atoms with Crippen LogP contribution in [-0.4, -0.2) is 57.1 Å². The molecule has 0 bridgehead atoms. The monoisotopic (exact) mass is 282 g/mol. The molecule has 2 atom stereocenters. The number of rotatable bonds is 9. The Labute approximate surface area is 108 Å². The van der Waals surface area contributed by atoms with Gasteiger partial charge < -0.3 is 9.84 Å². The van der Waals surface area contributed by atoms with Crippen molar-refractivity contribution in [3.8, 4) is 0 Å². The first-order chi connectivity index (χ1) is 8.26. The van der Waals surface area contributed by atoms with Crippen LogP contribution >= 0.6 is 0 Å². The molecule has 0 aliphatic rings. The van der Waals surface area contributed by atoms with Gasteiger partial charge in [0.2, 0.25) is 0 Å². The molecule has 0 fully saturated rings. The topological polar surface area (TPSA) is 95.9 Å².